The van der Waals surface area contributed by atoms with Gasteiger partial charge in [0.15, 0.2) is 11.5 Å². The SMILES string of the molecule is COc1ccc(CC(=O)Nc2ccnn2CC(C)C)cc1OC. The third-order valence-corrected chi connectivity index (χ3v) is 3.33. The maximum atomic E-state index is 12.2. The molecule has 0 unspecified atom stereocenters. The van der Waals surface area contributed by atoms with Gasteiger partial charge in [0.1, 0.15) is 5.82 Å². The first-order valence-electron chi connectivity index (χ1n) is 7.56. The van der Waals surface area contributed by atoms with Crippen molar-refractivity contribution in [2.45, 2.75) is 26.8 Å². The molecule has 23 heavy (non-hydrogen) atoms. The molecule has 1 amide bonds. The van der Waals surface area contributed by atoms with Gasteiger partial charge in [0, 0.05) is 12.6 Å². The zero-order valence-corrected chi connectivity index (χ0v) is 14.0. The molecule has 0 fully saturated rings. The number of methoxy groups -OCH3 is 2. The highest BCUT2D eigenvalue weighted by Crippen LogP contribution is 2.27. The summed E-state index contributed by atoms with van der Waals surface area (Å²) in [5, 5.41) is 7.13. The fourth-order valence-electron chi connectivity index (χ4n) is 2.29. The number of carbonyl (C=O) groups excluding carboxylic acids is 1. The van der Waals surface area contributed by atoms with Crippen molar-refractivity contribution >= 4 is 11.7 Å². The highest BCUT2D eigenvalue weighted by atomic mass is 16.5. The van der Waals surface area contributed by atoms with E-state index in [4.69, 9.17) is 9.47 Å². The molecule has 1 aromatic heterocycles. The summed E-state index contributed by atoms with van der Waals surface area (Å²) >= 11 is 0. The number of hydrogen-bond acceptors (Lipinski definition) is 4. The van der Waals surface area contributed by atoms with Crippen LogP contribution in [0.25, 0.3) is 0 Å². The summed E-state index contributed by atoms with van der Waals surface area (Å²) in [6.45, 7) is 4.98. The quantitative estimate of drug-likeness (QED) is 0.853. The van der Waals surface area contributed by atoms with Crippen LogP contribution in [0, 0.1) is 5.92 Å². The van der Waals surface area contributed by atoms with Crippen molar-refractivity contribution in [3.05, 3.63) is 36.0 Å². The van der Waals surface area contributed by atoms with E-state index in [1.807, 2.05) is 12.1 Å². The Balaban J connectivity index is 2.04. The number of carbonyl (C=O) groups is 1. The third kappa shape index (κ3) is 4.48. The van der Waals surface area contributed by atoms with Crippen LogP contribution in [0.15, 0.2) is 30.5 Å². The second kappa shape index (κ2) is 7.67. The molecule has 6 nitrogen and oxygen atoms in total. The molecule has 0 bridgehead atoms. The predicted molar refractivity (Wildman–Crippen MR) is 88.9 cm³/mol. The number of nitrogens with zero attached hydrogens (tertiary/aromatic N) is 2. The van der Waals surface area contributed by atoms with Gasteiger partial charge in [-0.2, -0.15) is 5.10 Å². The summed E-state index contributed by atoms with van der Waals surface area (Å²) in [7, 11) is 3.16. The lowest BCUT2D eigenvalue weighted by molar-refractivity contribution is -0.115. The van der Waals surface area contributed by atoms with Crippen LogP contribution in [0.4, 0.5) is 5.82 Å². The molecule has 0 aliphatic carbocycles. The molecule has 124 valence electrons. The van der Waals surface area contributed by atoms with Crippen molar-refractivity contribution in [1.29, 1.82) is 0 Å². The fourth-order valence-corrected chi connectivity index (χ4v) is 2.29. The molecular formula is C17H23N3O3. The molecule has 0 atom stereocenters. The van der Waals surface area contributed by atoms with Gasteiger partial charge in [0.2, 0.25) is 5.91 Å². The van der Waals surface area contributed by atoms with Gasteiger partial charge in [-0.15, -0.1) is 0 Å². The largest absolute Gasteiger partial charge is 0.493 e. The number of hydrogen-bond donors (Lipinski definition) is 1. The minimum Gasteiger partial charge on any atom is -0.493 e. The first kappa shape index (κ1) is 16.9. The lowest BCUT2D eigenvalue weighted by Crippen LogP contribution is -2.18. The second-order valence-electron chi connectivity index (χ2n) is 5.71. The molecule has 0 saturated heterocycles. The van der Waals surface area contributed by atoms with Gasteiger partial charge < -0.3 is 14.8 Å². The van der Waals surface area contributed by atoms with Crippen molar-refractivity contribution in [3.63, 3.8) is 0 Å². The van der Waals surface area contributed by atoms with Crippen LogP contribution in [0.3, 0.4) is 0 Å². The van der Waals surface area contributed by atoms with Crippen LogP contribution in [-0.2, 0) is 17.8 Å². The topological polar surface area (TPSA) is 65.4 Å². The molecule has 6 heteroatoms. The Hall–Kier alpha value is -2.50. The highest BCUT2D eigenvalue weighted by molar-refractivity contribution is 5.91. The van der Waals surface area contributed by atoms with Gasteiger partial charge in [0.25, 0.3) is 0 Å². The van der Waals surface area contributed by atoms with Crippen molar-refractivity contribution in [2.75, 3.05) is 19.5 Å². The Labute approximate surface area is 136 Å². The van der Waals surface area contributed by atoms with Crippen LogP contribution in [-0.4, -0.2) is 29.9 Å². The molecule has 1 heterocycles. The van der Waals surface area contributed by atoms with E-state index in [-0.39, 0.29) is 12.3 Å². The lowest BCUT2D eigenvalue weighted by Gasteiger charge is -2.12. The van der Waals surface area contributed by atoms with Crippen LogP contribution >= 0.6 is 0 Å². The molecule has 1 N–H and O–H groups in total. The lowest BCUT2D eigenvalue weighted by atomic mass is 10.1. The number of nitrogens with one attached hydrogen (secondary N) is 1. The Kier molecular flexibility index (Phi) is 5.62. The number of ether oxygens (including phenoxy) is 2. The number of aromatic nitrogens is 2. The first-order valence-corrected chi connectivity index (χ1v) is 7.56. The molecule has 1 aromatic carbocycles. The monoisotopic (exact) mass is 317 g/mol. The zero-order chi connectivity index (χ0) is 16.8. The summed E-state index contributed by atoms with van der Waals surface area (Å²) in [4.78, 5) is 12.2. The zero-order valence-electron chi connectivity index (χ0n) is 14.0. The third-order valence-electron chi connectivity index (χ3n) is 3.33. The summed E-state index contributed by atoms with van der Waals surface area (Å²) in [6, 6.07) is 7.26. The first-order chi connectivity index (χ1) is 11.0. The van der Waals surface area contributed by atoms with E-state index in [0.29, 0.717) is 23.2 Å². The van der Waals surface area contributed by atoms with E-state index in [2.05, 4.69) is 24.3 Å². The average Bonchev–Trinajstić information content (AvgIpc) is 2.93. The number of amides is 1. The highest BCUT2D eigenvalue weighted by Gasteiger charge is 2.11. The minimum absolute atomic E-state index is 0.0947. The summed E-state index contributed by atoms with van der Waals surface area (Å²) in [6.07, 6.45) is 1.95. The van der Waals surface area contributed by atoms with Gasteiger partial charge in [-0.25, -0.2) is 4.68 Å². The minimum atomic E-state index is -0.0947. The number of benzene rings is 1. The molecule has 0 aliphatic rings. The molecule has 2 aromatic rings. The maximum Gasteiger partial charge on any atom is 0.229 e. The fraction of sp³-hybridized carbons (Fsp3) is 0.412. The van der Waals surface area contributed by atoms with E-state index in [1.54, 1.807) is 37.2 Å². The summed E-state index contributed by atoms with van der Waals surface area (Å²) < 4.78 is 12.3. The second-order valence-corrected chi connectivity index (χ2v) is 5.71. The van der Waals surface area contributed by atoms with Crippen LogP contribution < -0.4 is 14.8 Å². The van der Waals surface area contributed by atoms with Crippen molar-refractivity contribution in [3.8, 4) is 11.5 Å². The Morgan fingerprint density at radius 1 is 1.22 bits per heavy atom. The van der Waals surface area contributed by atoms with Gasteiger partial charge in [-0.1, -0.05) is 19.9 Å². The van der Waals surface area contributed by atoms with Gasteiger partial charge in [-0.3, -0.25) is 4.79 Å². The van der Waals surface area contributed by atoms with E-state index in [0.717, 1.165) is 12.1 Å². The number of rotatable bonds is 7. The normalized spacial score (nSPS) is 10.7. The van der Waals surface area contributed by atoms with Gasteiger partial charge >= 0.3 is 0 Å². The molecule has 0 spiro atoms. The van der Waals surface area contributed by atoms with E-state index < -0.39 is 0 Å². The number of anilines is 1. The smallest absolute Gasteiger partial charge is 0.229 e. The summed E-state index contributed by atoms with van der Waals surface area (Å²) in [5.41, 5.74) is 0.857. The van der Waals surface area contributed by atoms with Crippen LogP contribution in [0.2, 0.25) is 0 Å². The van der Waals surface area contributed by atoms with Crippen LogP contribution in [0.1, 0.15) is 19.4 Å². The van der Waals surface area contributed by atoms with Crippen molar-refractivity contribution < 1.29 is 14.3 Å². The molecule has 0 saturated carbocycles. The molecular weight excluding hydrogens is 294 g/mol. The molecule has 0 radical (unpaired) electrons. The van der Waals surface area contributed by atoms with Gasteiger partial charge in [-0.05, 0) is 23.6 Å². The Morgan fingerprint density at radius 3 is 2.61 bits per heavy atom. The average molecular weight is 317 g/mol. The standard InChI is InChI=1S/C17H23N3O3/c1-12(2)11-20-16(7-8-18-20)19-17(21)10-13-5-6-14(22-3)15(9-13)23-4/h5-9,12H,10-11H2,1-4H3,(H,19,21). The van der Waals surface area contributed by atoms with E-state index in [9.17, 15) is 4.79 Å². The Bertz CT molecular complexity index is 665. The van der Waals surface area contributed by atoms with E-state index >= 15 is 0 Å². The molecule has 2 rings (SSSR count). The summed E-state index contributed by atoms with van der Waals surface area (Å²) in [5.74, 6) is 2.33. The van der Waals surface area contributed by atoms with Crippen molar-refractivity contribution in [1.82, 2.24) is 9.78 Å². The predicted octanol–water partition coefficient (Wildman–Crippen LogP) is 2.74. The van der Waals surface area contributed by atoms with Gasteiger partial charge in [0.05, 0.1) is 26.8 Å². The van der Waals surface area contributed by atoms with E-state index in [1.165, 1.54) is 0 Å². The molecule has 0 aliphatic heterocycles. The Morgan fingerprint density at radius 2 is 1.96 bits per heavy atom. The van der Waals surface area contributed by atoms with Crippen molar-refractivity contribution in [2.24, 2.45) is 5.92 Å². The van der Waals surface area contributed by atoms with Crippen LogP contribution in [0.5, 0.6) is 11.5 Å². The maximum absolute atomic E-state index is 12.2.